The molecule has 0 amide bonds. The fourth-order valence-electron chi connectivity index (χ4n) is 1.43. The number of carbonyl (C=O) groups excluding carboxylic acids is 1. The number of nitriles is 1. The summed E-state index contributed by atoms with van der Waals surface area (Å²) >= 11 is 6.45. The molecule has 0 radical (unpaired) electrons. The van der Waals surface area contributed by atoms with Gasteiger partial charge in [-0.05, 0) is 29.7 Å². The largest absolute Gasteiger partial charge is 0.274 e. The predicted octanol–water partition coefficient (Wildman–Crippen LogP) is 2.73. The van der Waals surface area contributed by atoms with Crippen molar-refractivity contribution in [3.05, 3.63) is 33.0 Å². The van der Waals surface area contributed by atoms with Gasteiger partial charge in [-0.3, -0.25) is 9.89 Å². The Morgan fingerprint density at radius 2 is 2.50 bits per heavy atom. The van der Waals surface area contributed by atoms with Crippen LogP contribution in [0.15, 0.2) is 17.5 Å². The van der Waals surface area contributed by atoms with Crippen LogP contribution in [-0.4, -0.2) is 20.7 Å². The van der Waals surface area contributed by atoms with Crippen molar-refractivity contribution in [3.8, 4) is 6.07 Å². The average Bonchev–Trinajstić information content (AvgIpc) is 2.94. The third-order valence-electron chi connectivity index (χ3n) is 2.18. The number of nitrogens with one attached hydrogen (secondary N) is 1. The number of carbonyl (C=O) groups is 1. The number of hydrogen-bond acceptors (Lipinski definition) is 5. The molecule has 2 heterocycles. The summed E-state index contributed by atoms with van der Waals surface area (Å²) in [5.41, 5.74) is 0.292. The van der Waals surface area contributed by atoms with Gasteiger partial charge in [0.25, 0.3) is 0 Å². The maximum atomic E-state index is 11.5. The fourth-order valence-corrected chi connectivity index (χ4v) is 2.35. The lowest BCUT2D eigenvalue weighted by atomic mass is 10.2. The Bertz CT molecular complexity index is 700. The second-order valence-corrected chi connectivity index (χ2v) is 4.76. The maximum Gasteiger partial charge on any atom is 0.231 e. The van der Waals surface area contributed by atoms with Gasteiger partial charge in [0.1, 0.15) is 6.07 Å². The van der Waals surface area contributed by atoms with Crippen LogP contribution < -0.4 is 0 Å². The molecule has 0 aliphatic rings. The Kier molecular flexibility index (Phi) is 3.50. The molecule has 0 saturated heterocycles. The van der Waals surface area contributed by atoms with Gasteiger partial charge >= 0.3 is 0 Å². The highest BCUT2D eigenvalue weighted by molar-refractivity contribution is 7.71. The Labute approximate surface area is 112 Å². The standard InChI is InChI=1S/C11H8N4OS2/c1-7(16)15-10(13-14-11(15)17)8(6-12)5-9-3-2-4-18-9/h2-5H,1H3,(H,14,17)/b8-5+. The van der Waals surface area contributed by atoms with E-state index in [9.17, 15) is 4.79 Å². The molecule has 2 aromatic heterocycles. The molecule has 0 saturated carbocycles. The number of aromatic nitrogens is 3. The first-order valence-corrected chi connectivity index (χ1v) is 6.26. The summed E-state index contributed by atoms with van der Waals surface area (Å²) < 4.78 is 1.39. The van der Waals surface area contributed by atoms with E-state index in [0.717, 1.165) is 4.88 Å². The first-order chi connectivity index (χ1) is 8.63. The third kappa shape index (κ3) is 2.30. The molecule has 0 aliphatic heterocycles. The number of allylic oxidation sites excluding steroid dienone is 1. The van der Waals surface area contributed by atoms with Gasteiger partial charge < -0.3 is 0 Å². The Morgan fingerprint density at radius 1 is 1.72 bits per heavy atom. The minimum absolute atomic E-state index is 0.185. The van der Waals surface area contributed by atoms with E-state index in [1.165, 1.54) is 22.8 Å². The van der Waals surface area contributed by atoms with E-state index < -0.39 is 0 Å². The number of aromatic amines is 1. The van der Waals surface area contributed by atoms with Gasteiger partial charge in [0.2, 0.25) is 10.7 Å². The van der Waals surface area contributed by atoms with Crippen molar-refractivity contribution in [1.82, 2.24) is 14.8 Å². The van der Waals surface area contributed by atoms with Crippen LogP contribution in [0, 0.1) is 16.1 Å². The van der Waals surface area contributed by atoms with E-state index in [0.29, 0.717) is 5.57 Å². The molecule has 0 bridgehead atoms. The van der Waals surface area contributed by atoms with Crippen LogP contribution in [-0.2, 0) is 0 Å². The first kappa shape index (κ1) is 12.4. The summed E-state index contributed by atoms with van der Waals surface area (Å²) in [7, 11) is 0. The lowest BCUT2D eigenvalue weighted by Gasteiger charge is -1.99. The Hall–Kier alpha value is -2.04. The van der Waals surface area contributed by atoms with E-state index >= 15 is 0 Å². The van der Waals surface area contributed by atoms with Crippen molar-refractivity contribution in [3.63, 3.8) is 0 Å². The molecule has 0 fully saturated rings. The molecular formula is C11H8N4OS2. The smallest absolute Gasteiger partial charge is 0.231 e. The SMILES string of the molecule is CC(=O)n1c(/C(C#N)=C/c2cccs2)n[nH]c1=S. The highest BCUT2D eigenvalue weighted by atomic mass is 32.1. The van der Waals surface area contributed by atoms with Gasteiger partial charge in [-0.15, -0.1) is 11.3 Å². The molecule has 5 nitrogen and oxygen atoms in total. The van der Waals surface area contributed by atoms with E-state index in [2.05, 4.69) is 10.2 Å². The molecule has 0 unspecified atom stereocenters. The molecule has 0 atom stereocenters. The first-order valence-electron chi connectivity index (χ1n) is 4.97. The average molecular weight is 276 g/mol. The topological polar surface area (TPSA) is 74.5 Å². The summed E-state index contributed by atoms with van der Waals surface area (Å²) in [5.74, 6) is -0.0421. The van der Waals surface area contributed by atoms with Gasteiger partial charge in [-0.1, -0.05) is 6.07 Å². The Morgan fingerprint density at radius 3 is 3.06 bits per heavy atom. The molecule has 18 heavy (non-hydrogen) atoms. The minimum Gasteiger partial charge on any atom is -0.274 e. The number of nitrogens with zero attached hydrogens (tertiary/aromatic N) is 3. The van der Waals surface area contributed by atoms with Crippen molar-refractivity contribution in [2.75, 3.05) is 0 Å². The summed E-state index contributed by atoms with van der Waals surface area (Å²) in [5, 5.41) is 17.5. The minimum atomic E-state index is -0.281. The van der Waals surface area contributed by atoms with Gasteiger partial charge in [-0.2, -0.15) is 10.4 Å². The molecule has 2 aromatic rings. The van der Waals surface area contributed by atoms with Crippen molar-refractivity contribution in [2.45, 2.75) is 6.92 Å². The summed E-state index contributed by atoms with van der Waals surface area (Å²) in [4.78, 5) is 12.4. The maximum absolute atomic E-state index is 11.5. The summed E-state index contributed by atoms with van der Waals surface area (Å²) in [6.45, 7) is 1.37. The van der Waals surface area contributed by atoms with E-state index in [1.807, 2.05) is 23.6 Å². The number of rotatable bonds is 2. The highest BCUT2D eigenvalue weighted by Crippen LogP contribution is 2.19. The predicted molar refractivity (Wildman–Crippen MR) is 71.5 cm³/mol. The van der Waals surface area contributed by atoms with E-state index in [-0.39, 0.29) is 16.5 Å². The van der Waals surface area contributed by atoms with Gasteiger partial charge in [0.15, 0.2) is 5.82 Å². The normalized spacial score (nSPS) is 11.2. The number of hydrogen-bond donors (Lipinski definition) is 1. The van der Waals surface area contributed by atoms with Crippen LogP contribution >= 0.6 is 23.6 Å². The summed E-state index contributed by atoms with van der Waals surface area (Å²) in [6, 6.07) is 5.79. The molecule has 2 rings (SSSR count). The van der Waals surface area contributed by atoms with Crippen LogP contribution in [0.25, 0.3) is 11.6 Å². The van der Waals surface area contributed by atoms with Crippen molar-refractivity contribution >= 4 is 41.1 Å². The van der Waals surface area contributed by atoms with Gasteiger partial charge in [0.05, 0.1) is 5.57 Å². The van der Waals surface area contributed by atoms with Crippen LogP contribution in [0.3, 0.4) is 0 Å². The zero-order valence-electron chi connectivity index (χ0n) is 9.38. The second-order valence-electron chi connectivity index (χ2n) is 3.39. The highest BCUT2D eigenvalue weighted by Gasteiger charge is 2.14. The molecule has 7 heteroatoms. The number of thiophene rings is 1. The summed E-state index contributed by atoms with van der Waals surface area (Å²) in [6.07, 6.45) is 1.68. The zero-order valence-corrected chi connectivity index (χ0v) is 11.0. The quantitative estimate of drug-likeness (QED) is 0.676. The van der Waals surface area contributed by atoms with Gasteiger partial charge in [0, 0.05) is 11.8 Å². The van der Waals surface area contributed by atoms with E-state index in [4.69, 9.17) is 17.5 Å². The molecule has 0 aliphatic carbocycles. The van der Waals surface area contributed by atoms with Gasteiger partial charge in [-0.25, -0.2) is 4.57 Å². The molecule has 0 spiro atoms. The number of H-pyrrole nitrogens is 1. The lowest BCUT2D eigenvalue weighted by molar-refractivity contribution is 0.0933. The van der Waals surface area contributed by atoms with Crippen LogP contribution in [0.1, 0.15) is 22.4 Å². The molecule has 0 aromatic carbocycles. The molecular weight excluding hydrogens is 268 g/mol. The van der Waals surface area contributed by atoms with Crippen molar-refractivity contribution in [1.29, 1.82) is 5.26 Å². The molecule has 1 N–H and O–H groups in total. The Balaban J connectivity index is 2.57. The van der Waals surface area contributed by atoms with Crippen LogP contribution in [0.2, 0.25) is 0 Å². The fraction of sp³-hybridized carbons (Fsp3) is 0.0909. The zero-order chi connectivity index (χ0) is 13.1. The van der Waals surface area contributed by atoms with Crippen LogP contribution in [0.5, 0.6) is 0 Å². The third-order valence-corrected chi connectivity index (χ3v) is 3.27. The lowest BCUT2D eigenvalue weighted by Crippen LogP contribution is -2.09. The van der Waals surface area contributed by atoms with E-state index in [1.54, 1.807) is 6.08 Å². The van der Waals surface area contributed by atoms with Crippen molar-refractivity contribution in [2.24, 2.45) is 0 Å². The van der Waals surface area contributed by atoms with Crippen molar-refractivity contribution < 1.29 is 4.79 Å². The monoisotopic (exact) mass is 276 g/mol. The molecule has 90 valence electrons. The second kappa shape index (κ2) is 5.08. The van der Waals surface area contributed by atoms with Crippen LogP contribution in [0.4, 0.5) is 0 Å².